The maximum absolute atomic E-state index is 13.0. The topological polar surface area (TPSA) is 39.1 Å². The number of alkyl halides is 3. The van der Waals surface area contributed by atoms with E-state index in [1.165, 1.54) is 36.7 Å². The van der Waals surface area contributed by atoms with E-state index >= 15 is 0 Å². The fourth-order valence-corrected chi connectivity index (χ4v) is 3.95. The summed E-state index contributed by atoms with van der Waals surface area (Å²) in [5.74, 6) is 0. The highest BCUT2D eigenvalue weighted by atomic mass is 32.2. The van der Waals surface area contributed by atoms with Crippen molar-refractivity contribution in [2.24, 2.45) is 0 Å². The maximum atomic E-state index is 13.0. The first-order valence-electron chi connectivity index (χ1n) is 7.92. The van der Waals surface area contributed by atoms with Crippen LogP contribution in [0.3, 0.4) is 0 Å². The first-order valence-corrected chi connectivity index (χ1v) is 9.36. The highest BCUT2D eigenvalue weighted by Crippen LogP contribution is 2.34. The van der Waals surface area contributed by atoms with Gasteiger partial charge in [-0.25, -0.2) is 12.4 Å². The Morgan fingerprint density at radius 2 is 1.69 bits per heavy atom. The molecule has 1 aromatic heterocycles. The summed E-state index contributed by atoms with van der Waals surface area (Å²) in [7, 11) is -3.79. The lowest BCUT2D eigenvalue weighted by molar-refractivity contribution is -0.137. The normalized spacial score (nSPS) is 12.3. The molecule has 0 N–H and O–H groups in total. The third-order valence-corrected chi connectivity index (χ3v) is 5.77. The Morgan fingerprint density at radius 1 is 1.00 bits per heavy atom. The zero-order chi connectivity index (χ0) is 18.9. The first kappa shape index (κ1) is 18.3. The van der Waals surface area contributed by atoms with Crippen molar-refractivity contribution in [2.75, 3.05) is 0 Å². The van der Waals surface area contributed by atoms with Gasteiger partial charge in [-0.15, -0.1) is 0 Å². The molecule has 0 bridgehead atoms. The average Bonchev–Trinajstić information content (AvgIpc) is 3.12. The van der Waals surface area contributed by atoms with Crippen molar-refractivity contribution >= 4 is 10.0 Å². The van der Waals surface area contributed by atoms with Gasteiger partial charge in [-0.3, -0.25) is 0 Å². The van der Waals surface area contributed by atoms with Gasteiger partial charge < -0.3 is 0 Å². The predicted octanol–water partition coefficient (Wildman–Crippen LogP) is 4.97. The van der Waals surface area contributed by atoms with E-state index in [1.54, 1.807) is 18.2 Å². The van der Waals surface area contributed by atoms with Gasteiger partial charge in [0.25, 0.3) is 10.0 Å². The van der Waals surface area contributed by atoms with Gasteiger partial charge in [-0.05, 0) is 47.9 Å². The molecular weight excluding hydrogens is 363 g/mol. The molecule has 0 fully saturated rings. The summed E-state index contributed by atoms with van der Waals surface area (Å²) in [6.45, 7) is 1.84. The molecule has 3 nitrogen and oxygen atoms in total. The fourth-order valence-electron chi connectivity index (χ4n) is 2.73. The summed E-state index contributed by atoms with van der Waals surface area (Å²) in [6, 6.07) is 12.9. The lowest BCUT2D eigenvalue weighted by Gasteiger charge is -2.12. The molecule has 0 saturated carbocycles. The molecular formula is C19H16F3NO2S. The van der Waals surface area contributed by atoms with Gasteiger partial charge in [0.15, 0.2) is 0 Å². The van der Waals surface area contributed by atoms with E-state index in [-0.39, 0.29) is 4.90 Å². The largest absolute Gasteiger partial charge is 0.416 e. The molecule has 0 aliphatic rings. The second-order valence-corrected chi connectivity index (χ2v) is 7.61. The van der Waals surface area contributed by atoms with Crippen molar-refractivity contribution in [1.82, 2.24) is 3.97 Å². The van der Waals surface area contributed by atoms with Crippen LogP contribution in [-0.2, 0) is 22.6 Å². The van der Waals surface area contributed by atoms with Crippen LogP contribution in [0.25, 0.3) is 11.1 Å². The molecule has 0 spiro atoms. The monoisotopic (exact) mass is 379 g/mol. The summed E-state index contributed by atoms with van der Waals surface area (Å²) in [5, 5.41) is 0. The molecule has 0 aliphatic carbocycles. The van der Waals surface area contributed by atoms with E-state index in [1.807, 2.05) is 6.92 Å². The van der Waals surface area contributed by atoms with Crippen LogP contribution in [-0.4, -0.2) is 12.4 Å². The number of aryl methyl sites for hydroxylation is 1. The molecule has 7 heteroatoms. The minimum Gasteiger partial charge on any atom is -0.248 e. The molecule has 0 radical (unpaired) electrons. The van der Waals surface area contributed by atoms with E-state index in [0.717, 1.165) is 16.1 Å². The van der Waals surface area contributed by atoms with Crippen LogP contribution in [0.15, 0.2) is 71.9 Å². The summed E-state index contributed by atoms with van der Waals surface area (Å²) >= 11 is 0. The van der Waals surface area contributed by atoms with Gasteiger partial charge in [0.1, 0.15) is 0 Å². The van der Waals surface area contributed by atoms with Crippen molar-refractivity contribution in [3.05, 3.63) is 78.1 Å². The summed E-state index contributed by atoms with van der Waals surface area (Å²) in [4.78, 5) is 0.113. The zero-order valence-electron chi connectivity index (χ0n) is 13.9. The number of benzene rings is 2. The van der Waals surface area contributed by atoms with Gasteiger partial charge >= 0.3 is 6.18 Å². The predicted molar refractivity (Wildman–Crippen MR) is 93.3 cm³/mol. The first-order chi connectivity index (χ1) is 12.2. The molecule has 0 atom stereocenters. The summed E-state index contributed by atoms with van der Waals surface area (Å²) in [6.07, 6.45) is -1.24. The maximum Gasteiger partial charge on any atom is 0.416 e. The third kappa shape index (κ3) is 3.39. The number of hydrogen-bond donors (Lipinski definition) is 0. The lowest BCUT2D eigenvalue weighted by atomic mass is 9.97. The molecule has 1 heterocycles. The Balaban J connectivity index is 2.08. The van der Waals surface area contributed by atoms with Gasteiger partial charge in [0.2, 0.25) is 0 Å². The number of hydrogen-bond acceptors (Lipinski definition) is 2. The lowest BCUT2D eigenvalue weighted by Crippen LogP contribution is -2.10. The SMILES string of the molecule is CCc1ccc(C(F)(F)F)cc1-c1ccn(S(=O)(=O)c2ccccc2)c1. The Labute approximate surface area is 149 Å². The van der Waals surface area contributed by atoms with E-state index < -0.39 is 21.8 Å². The van der Waals surface area contributed by atoms with E-state index in [0.29, 0.717) is 23.1 Å². The Hall–Kier alpha value is -2.54. The van der Waals surface area contributed by atoms with Crippen LogP contribution in [0, 0.1) is 0 Å². The second-order valence-electron chi connectivity index (χ2n) is 5.77. The zero-order valence-corrected chi connectivity index (χ0v) is 14.7. The Morgan fingerprint density at radius 3 is 2.31 bits per heavy atom. The molecule has 0 amide bonds. The van der Waals surface area contributed by atoms with Crippen LogP contribution < -0.4 is 0 Å². The van der Waals surface area contributed by atoms with Gasteiger partial charge in [-0.1, -0.05) is 31.2 Å². The third-order valence-electron chi connectivity index (χ3n) is 4.12. The van der Waals surface area contributed by atoms with Crippen molar-refractivity contribution in [3.63, 3.8) is 0 Å². The smallest absolute Gasteiger partial charge is 0.248 e. The average molecular weight is 379 g/mol. The van der Waals surface area contributed by atoms with E-state index in [2.05, 4.69) is 0 Å². The second kappa shape index (κ2) is 6.64. The number of aromatic nitrogens is 1. The molecule has 3 aromatic rings. The van der Waals surface area contributed by atoms with E-state index in [4.69, 9.17) is 0 Å². The summed E-state index contributed by atoms with van der Waals surface area (Å²) < 4.78 is 65.4. The van der Waals surface area contributed by atoms with Gasteiger partial charge in [-0.2, -0.15) is 13.2 Å². The standard InChI is InChI=1S/C19H16F3NO2S/c1-2-14-8-9-16(19(20,21)22)12-18(14)15-10-11-23(13-15)26(24,25)17-6-4-3-5-7-17/h3-13H,2H2,1H3. The molecule has 0 aliphatic heterocycles. The molecule has 2 aromatic carbocycles. The molecule has 136 valence electrons. The van der Waals surface area contributed by atoms with Crippen molar-refractivity contribution in [2.45, 2.75) is 24.4 Å². The fraction of sp³-hybridized carbons (Fsp3) is 0.158. The molecule has 26 heavy (non-hydrogen) atoms. The Bertz CT molecular complexity index is 1020. The molecule has 0 saturated heterocycles. The Kier molecular flexibility index (Phi) is 4.66. The highest BCUT2D eigenvalue weighted by Gasteiger charge is 2.31. The van der Waals surface area contributed by atoms with Gasteiger partial charge in [0.05, 0.1) is 10.5 Å². The van der Waals surface area contributed by atoms with Crippen LogP contribution in [0.4, 0.5) is 13.2 Å². The molecule has 3 rings (SSSR count). The number of nitrogens with zero attached hydrogens (tertiary/aromatic N) is 1. The van der Waals surface area contributed by atoms with Crippen LogP contribution in [0.1, 0.15) is 18.1 Å². The van der Waals surface area contributed by atoms with Crippen LogP contribution in [0.5, 0.6) is 0 Å². The van der Waals surface area contributed by atoms with Crippen molar-refractivity contribution in [3.8, 4) is 11.1 Å². The van der Waals surface area contributed by atoms with Crippen molar-refractivity contribution in [1.29, 1.82) is 0 Å². The summed E-state index contributed by atoms with van der Waals surface area (Å²) in [5.41, 5.74) is 0.757. The molecule has 0 unspecified atom stereocenters. The van der Waals surface area contributed by atoms with E-state index in [9.17, 15) is 21.6 Å². The quantitative estimate of drug-likeness (QED) is 0.642. The number of rotatable bonds is 4. The number of halogens is 3. The van der Waals surface area contributed by atoms with Crippen LogP contribution >= 0.6 is 0 Å². The highest BCUT2D eigenvalue weighted by molar-refractivity contribution is 7.90. The van der Waals surface area contributed by atoms with Gasteiger partial charge in [0, 0.05) is 18.0 Å². The minimum atomic E-state index is -4.46. The minimum absolute atomic E-state index is 0.113. The van der Waals surface area contributed by atoms with Crippen molar-refractivity contribution < 1.29 is 21.6 Å². The van der Waals surface area contributed by atoms with Crippen LogP contribution in [0.2, 0.25) is 0 Å².